The van der Waals surface area contributed by atoms with Crippen molar-refractivity contribution in [2.45, 2.75) is 27.3 Å². The molecule has 0 amide bonds. The first-order valence-electron chi connectivity index (χ1n) is 6.70. The Kier molecular flexibility index (Phi) is 4.69. The van der Waals surface area contributed by atoms with Crippen LogP contribution in [0.15, 0.2) is 30.5 Å². The summed E-state index contributed by atoms with van der Waals surface area (Å²) in [6, 6.07) is 7.39. The zero-order valence-corrected chi connectivity index (χ0v) is 12.0. The number of rotatable bonds is 5. The van der Waals surface area contributed by atoms with E-state index in [1.807, 2.05) is 39.0 Å². The Morgan fingerprint density at radius 3 is 2.75 bits per heavy atom. The minimum Gasteiger partial charge on any atom is -0.438 e. The van der Waals surface area contributed by atoms with Crippen molar-refractivity contribution in [3.8, 4) is 11.6 Å². The summed E-state index contributed by atoms with van der Waals surface area (Å²) in [5.41, 5.74) is 2.92. The van der Waals surface area contributed by atoms with Crippen LogP contribution in [0.4, 0.5) is 4.39 Å². The van der Waals surface area contributed by atoms with Crippen molar-refractivity contribution in [3.63, 3.8) is 0 Å². The number of aryl methyl sites for hydroxylation is 2. The van der Waals surface area contributed by atoms with Gasteiger partial charge in [-0.15, -0.1) is 0 Å². The average Bonchev–Trinajstić information content (AvgIpc) is 2.41. The van der Waals surface area contributed by atoms with Crippen LogP contribution in [0.25, 0.3) is 0 Å². The molecule has 0 bridgehead atoms. The van der Waals surface area contributed by atoms with Gasteiger partial charge in [0.25, 0.3) is 0 Å². The molecule has 0 unspecified atom stereocenters. The molecule has 1 aromatic carbocycles. The molecule has 106 valence electrons. The van der Waals surface area contributed by atoms with E-state index in [2.05, 4.69) is 10.3 Å². The van der Waals surface area contributed by atoms with Crippen LogP contribution in [-0.4, -0.2) is 11.5 Å². The first-order chi connectivity index (χ1) is 9.60. The summed E-state index contributed by atoms with van der Waals surface area (Å²) in [6.45, 7) is 7.34. The minimum absolute atomic E-state index is 0.356. The van der Waals surface area contributed by atoms with E-state index in [0.29, 0.717) is 18.0 Å². The van der Waals surface area contributed by atoms with Crippen LogP contribution in [-0.2, 0) is 6.54 Å². The van der Waals surface area contributed by atoms with E-state index >= 15 is 0 Å². The quantitative estimate of drug-likeness (QED) is 0.902. The molecule has 2 aromatic rings. The zero-order valence-electron chi connectivity index (χ0n) is 12.0. The Labute approximate surface area is 118 Å². The molecule has 20 heavy (non-hydrogen) atoms. The fourth-order valence-corrected chi connectivity index (χ4v) is 1.96. The van der Waals surface area contributed by atoms with Gasteiger partial charge in [0.1, 0.15) is 11.6 Å². The van der Waals surface area contributed by atoms with Crippen molar-refractivity contribution in [1.82, 2.24) is 10.3 Å². The predicted octanol–water partition coefficient (Wildman–Crippen LogP) is 3.74. The topological polar surface area (TPSA) is 34.2 Å². The van der Waals surface area contributed by atoms with Gasteiger partial charge in [0.2, 0.25) is 5.88 Å². The Morgan fingerprint density at radius 2 is 2.05 bits per heavy atom. The normalized spacial score (nSPS) is 10.6. The molecule has 0 spiro atoms. The first-order valence-corrected chi connectivity index (χ1v) is 6.70. The van der Waals surface area contributed by atoms with Gasteiger partial charge in [-0.2, -0.15) is 0 Å². The molecule has 3 nitrogen and oxygen atoms in total. The lowest BCUT2D eigenvalue weighted by Crippen LogP contribution is -2.13. The van der Waals surface area contributed by atoms with Crippen LogP contribution in [0.1, 0.15) is 23.6 Å². The largest absolute Gasteiger partial charge is 0.438 e. The van der Waals surface area contributed by atoms with Gasteiger partial charge >= 0.3 is 0 Å². The Hall–Kier alpha value is -1.94. The highest BCUT2D eigenvalue weighted by Crippen LogP contribution is 2.27. The Bertz CT molecular complexity index is 599. The lowest BCUT2D eigenvalue weighted by atomic mass is 10.1. The van der Waals surface area contributed by atoms with Gasteiger partial charge in [-0.3, -0.25) is 0 Å². The van der Waals surface area contributed by atoms with E-state index in [-0.39, 0.29) is 5.82 Å². The molecule has 4 heteroatoms. The molecule has 1 N–H and O–H groups in total. The minimum atomic E-state index is -0.356. The van der Waals surface area contributed by atoms with Crippen molar-refractivity contribution < 1.29 is 9.13 Å². The van der Waals surface area contributed by atoms with Gasteiger partial charge in [0.15, 0.2) is 0 Å². The Balaban J connectivity index is 2.27. The second-order valence-corrected chi connectivity index (χ2v) is 4.77. The van der Waals surface area contributed by atoms with Gasteiger partial charge in [-0.1, -0.05) is 24.6 Å². The number of pyridine rings is 1. The summed E-state index contributed by atoms with van der Waals surface area (Å²) >= 11 is 0. The molecule has 0 fully saturated rings. The molecule has 0 saturated heterocycles. The third-order valence-corrected chi connectivity index (χ3v) is 2.99. The number of ether oxygens (including phenoxy) is 1. The molecule has 0 saturated carbocycles. The van der Waals surface area contributed by atoms with Crippen LogP contribution < -0.4 is 10.1 Å². The van der Waals surface area contributed by atoms with Gasteiger partial charge < -0.3 is 10.1 Å². The molecule has 0 aliphatic carbocycles. The fraction of sp³-hybridized carbons (Fsp3) is 0.312. The lowest BCUT2D eigenvalue weighted by molar-refractivity contribution is 0.446. The first kappa shape index (κ1) is 14.5. The highest BCUT2D eigenvalue weighted by atomic mass is 19.1. The summed E-state index contributed by atoms with van der Waals surface area (Å²) in [4.78, 5) is 4.05. The smallest absolute Gasteiger partial charge is 0.223 e. The number of nitrogens with zero attached hydrogens (tertiary/aromatic N) is 1. The van der Waals surface area contributed by atoms with Crippen molar-refractivity contribution in [2.75, 3.05) is 6.54 Å². The third kappa shape index (κ3) is 3.54. The molecule has 1 aromatic heterocycles. The number of nitrogens with one attached hydrogen (secondary N) is 1. The molecular weight excluding hydrogens is 255 g/mol. The Morgan fingerprint density at radius 1 is 1.25 bits per heavy atom. The molecular formula is C16H19FN2O. The van der Waals surface area contributed by atoms with E-state index < -0.39 is 0 Å². The summed E-state index contributed by atoms with van der Waals surface area (Å²) in [6.07, 6.45) is 1.17. The van der Waals surface area contributed by atoms with E-state index in [9.17, 15) is 4.39 Å². The van der Waals surface area contributed by atoms with Gasteiger partial charge in [-0.05, 0) is 38.1 Å². The van der Waals surface area contributed by atoms with E-state index in [1.54, 1.807) is 0 Å². The van der Waals surface area contributed by atoms with Crippen LogP contribution in [0.3, 0.4) is 0 Å². The molecule has 1 heterocycles. The van der Waals surface area contributed by atoms with Crippen molar-refractivity contribution in [2.24, 2.45) is 0 Å². The fourth-order valence-electron chi connectivity index (χ4n) is 1.96. The highest BCUT2D eigenvalue weighted by Gasteiger charge is 2.09. The number of hydrogen-bond donors (Lipinski definition) is 1. The third-order valence-electron chi connectivity index (χ3n) is 2.99. The van der Waals surface area contributed by atoms with E-state index in [1.165, 1.54) is 17.8 Å². The highest BCUT2D eigenvalue weighted by molar-refractivity contribution is 5.39. The van der Waals surface area contributed by atoms with Crippen molar-refractivity contribution in [3.05, 3.63) is 53.0 Å². The van der Waals surface area contributed by atoms with Crippen LogP contribution in [0, 0.1) is 19.7 Å². The number of benzene rings is 1. The van der Waals surface area contributed by atoms with E-state index in [4.69, 9.17) is 4.74 Å². The maximum Gasteiger partial charge on any atom is 0.223 e. The van der Waals surface area contributed by atoms with Gasteiger partial charge in [0.05, 0.1) is 6.20 Å². The van der Waals surface area contributed by atoms with Crippen molar-refractivity contribution in [1.29, 1.82) is 0 Å². The maximum atomic E-state index is 13.3. The molecule has 0 aliphatic heterocycles. The standard InChI is InChI=1S/C16H19FN2O/c1-4-18-9-13-8-14(17)10-19-16(13)20-15-6-5-11(2)7-12(15)3/h5-8,10,18H,4,9H2,1-3H3. The second kappa shape index (κ2) is 6.48. The average molecular weight is 274 g/mol. The maximum absolute atomic E-state index is 13.3. The summed E-state index contributed by atoms with van der Waals surface area (Å²) in [5, 5.41) is 3.16. The second-order valence-electron chi connectivity index (χ2n) is 4.77. The molecule has 2 rings (SSSR count). The lowest BCUT2D eigenvalue weighted by Gasteiger charge is -2.12. The van der Waals surface area contributed by atoms with Crippen LogP contribution in [0.5, 0.6) is 11.6 Å². The molecule has 0 aliphatic rings. The summed E-state index contributed by atoms with van der Waals surface area (Å²) in [5.74, 6) is 0.831. The van der Waals surface area contributed by atoms with Crippen LogP contribution >= 0.6 is 0 Å². The molecule has 0 atom stereocenters. The number of aromatic nitrogens is 1. The number of hydrogen-bond acceptors (Lipinski definition) is 3. The molecule has 0 radical (unpaired) electrons. The monoisotopic (exact) mass is 274 g/mol. The van der Waals surface area contributed by atoms with E-state index in [0.717, 1.165) is 17.9 Å². The number of halogens is 1. The van der Waals surface area contributed by atoms with Crippen LogP contribution in [0.2, 0.25) is 0 Å². The SMILES string of the molecule is CCNCc1cc(F)cnc1Oc1ccc(C)cc1C. The zero-order chi connectivity index (χ0) is 14.5. The summed E-state index contributed by atoms with van der Waals surface area (Å²) in [7, 11) is 0. The van der Waals surface area contributed by atoms with Crippen molar-refractivity contribution >= 4 is 0 Å². The predicted molar refractivity (Wildman–Crippen MR) is 77.6 cm³/mol. The van der Waals surface area contributed by atoms with Gasteiger partial charge in [0, 0.05) is 12.1 Å². The van der Waals surface area contributed by atoms with Gasteiger partial charge in [-0.25, -0.2) is 9.37 Å². The summed E-state index contributed by atoms with van der Waals surface area (Å²) < 4.78 is 19.1.